The summed E-state index contributed by atoms with van der Waals surface area (Å²) >= 11 is 2.20. The van der Waals surface area contributed by atoms with Crippen LogP contribution in [0.1, 0.15) is 10.4 Å². The van der Waals surface area contributed by atoms with E-state index in [2.05, 4.69) is 32.9 Å². The van der Waals surface area contributed by atoms with Crippen LogP contribution in [-0.4, -0.2) is 29.0 Å². The largest absolute Gasteiger partial charge is 0.494 e. The van der Waals surface area contributed by atoms with Crippen LogP contribution in [0.25, 0.3) is 0 Å². The molecule has 0 saturated carbocycles. The maximum absolute atomic E-state index is 11.6. The lowest BCUT2D eigenvalue weighted by atomic mass is 10.2. The van der Waals surface area contributed by atoms with E-state index >= 15 is 0 Å². The number of amides is 1. The molecule has 5 heteroatoms. The molecule has 0 bridgehead atoms. The molecule has 1 amide bonds. The second-order valence-corrected chi connectivity index (χ2v) is 3.60. The fourth-order valence-corrected chi connectivity index (χ4v) is 1.26. The first-order valence-electron chi connectivity index (χ1n) is 4.11. The fraction of sp³-hybridized carbons (Fsp3) is 0.333. The first-order chi connectivity index (χ1) is 6.79. The van der Waals surface area contributed by atoms with Crippen molar-refractivity contribution in [3.8, 4) is 5.75 Å². The van der Waals surface area contributed by atoms with Crippen molar-refractivity contribution in [3.63, 3.8) is 0 Å². The third-order valence-corrected chi connectivity index (χ3v) is 2.17. The first kappa shape index (κ1) is 11.2. The second kappa shape index (κ2) is 5.79. The Kier molecular flexibility index (Phi) is 4.64. The molecule has 4 nitrogen and oxygen atoms in total. The van der Waals surface area contributed by atoms with Crippen molar-refractivity contribution in [2.75, 3.05) is 18.1 Å². The van der Waals surface area contributed by atoms with Crippen LogP contribution in [0.2, 0.25) is 0 Å². The Balaban J connectivity index is 2.78. The van der Waals surface area contributed by atoms with E-state index in [4.69, 9.17) is 4.74 Å². The number of hydrogen-bond donors (Lipinski definition) is 1. The van der Waals surface area contributed by atoms with Crippen molar-refractivity contribution in [1.82, 2.24) is 10.3 Å². The number of hydrogen-bond acceptors (Lipinski definition) is 3. The predicted molar refractivity (Wildman–Crippen MR) is 62.0 cm³/mol. The molecule has 0 aliphatic carbocycles. The number of carbonyl (C=O) groups is 1. The monoisotopic (exact) mass is 306 g/mol. The molecular weight excluding hydrogens is 295 g/mol. The summed E-state index contributed by atoms with van der Waals surface area (Å²) in [6.07, 6.45) is 3.10. The highest BCUT2D eigenvalue weighted by atomic mass is 127. The molecule has 1 heterocycles. The molecule has 0 saturated heterocycles. The SMILES string of the molecule is COc1cnccc1C(=O)NCCI. The van der Waals surface area contributed by atoms with E-state index in [1.165, 1.54) is 13.3 Å². The summed E-state index contributed by atoms with van der Waals surface area (Å²) in [6, 6.07) is 1.64. The number of carbonyl (C=O) groups excluding carboxylic acids is 1. The molecule has 0 fully saturated rings. The summed E-state index contributed by atoms with van der Waals surface area (Å²) in [4.78, 5) is 15.4. The third-order valence-electron chi connectivity index (χ3n) is 1.63. The van der Waals surface area contributed by atoms with Crippen LogP contribution in [0.15, 0.2) is 18.5 Å². The maximum Gasteiger partial charge on any atom is 0.255 e. The lowest BCUT2D eigenvalue weighted by Gasteiger charge is -2.06. The number of ether oxygens (including phenoxy) is 1. The number of aromatic nitrogens is 1. The standard InChI is InChI=1S/C9H11IN2O2/c1-14-8-6-11-4-2-7(8)9(13)12-5-3-10/h2,4,6H,3,5H2,1H3,(H,12,13). The quantitative estimate of drug-likeness (QED) is 0.673. The summed E-state index contributed by atoms with van der Waals surface area (Å²) in [7, 11) is 1.52. The molecule has 1 N–H and O–H groups in total. The van der Waals surface area contributed by atoms with Crippen LogP contribution in [0.3, 0.4) is 0 Å². The van der Waals surface area contributed by atoms with Gasteiger partial charge in [-0.25, -0.2) is 0 Å². The molecule has 1 aromatic heterocycles. The Bertz CT molecular complexity index is 317. The van der Waals surface area contributed by atoms with Gasteiger partial charge in [-0.05, 0) is 6.07 Å². The minimum absolute atomic E-state index is 0.124. The fourth-order valence-electron chi connectivity index (χ4n) is 0.986. The Hall–Kier alpha value is -0.850. The molecule has 0 aliphatic heterocycles. The van der Waals surface area contributed by atoms with Gasteiger partial charge in [-0.2, -0.15) is 0 Å². The Morgan fingerprint density at radius 1 is 1.71 bits per heavy atom. The molecule has 0 aliphatic rings. The van der Waals surface area contributed by atoms with Crippen LogP contribution in [0.4, 0.5) is 0 Å². The smallest absolute Gasteiger partial charge is 0.255 e. The molecule has 0 unspecified atom stereocenters. The van der Waals surface area contributed by atoms with E-state index < -0.39 is 0 Å². The minimum Gasteiger partial charge on any atom is -0.494 e. The van der Waals surface area contributed by atoms with Crippen LogP contribution in [-0.2, 0) is 0 Å². The lowest BCUT2D eigenvalue weighted by molar-refractivity contribution is 0.0953. The molecule has 0 atom stereocenters. The summed E-state index contributed by atoms with van der Waals surface area (Å²) in [5, 5.41) is 2.77. The second-order valence-electron chi connectivity index (χ2n) is 2.52. The van der Waals surface area contributed by atoms with Crippen molar-refractivity contribution < 1.29 is 9.53 Å². The van der Waals surface area contributed by atoms with Gasteiger partial charge in [0.15, 0.2) is 0 Å². The van der Waals surface area contributed by atoms with E-state index in [0.717, 1.165) is 4.43 Å². The van der Waals surface area contributed by atoms with Crippen molar-refractivity contribution in [1.29, 1.82) is 0 Å². The van der Waals surface area contributed by atoms with Gasteiger partial charge in [0.05, 0.1) is 18.9 Å². The maximum atomic E-state index is 11.6. The molecule has 0 aromatic carbocycles. The Morgan fingerprint density at radius 3 is 3.14 bits per heavy atom. The topological polar surface area (TPSA) is 51.2 Å². The Labute approximate surface area is 96.2 Å². The van der Waals surface area contributed by atoms with Gasteiger partial charge in [0.25, 0.3) is 5.91 Å². The van der Waals surface area contributed by atoms with E-state index in [9.17, 15) is 4.79 Å². The molecule has 0 radical (unpaired) electrons. The summed E-state index contributed by atoms with van der Waals surface area (Å²) in [6.45, 7) is 0.658. The zero-order valence-electron chi connectivity index (χ0n) is 7.79. The van der Waals surface area contributed by atoms with Gasteiger partial charge in [-0.3, -0.25) is 9.78 Å². The highest BCUT2D eigenvalue weighted by Gasteiger charge is 2.10. The molecule has 0 spiro atoms. The molecule has 1 aromatic rings. The number of nitrogens with one attached hydrogen (secondary N) is 1. The van der Waals surface area contributed by atoms with E-state index in [-0.39, 0.29) is 5.91 Å². The average molecular weight is 306 g/mol. The normalized spacial score (nSPS) is 9.57. The number of pyridine rings is 1. The highest BCUT2D eigenvalue weighted by molar-refractivity contribution is 14.1. The zero-order chi connectivity index (χ0) is 10.4. The number of alkyl halides is 1. The first-order valence-corrected chi connectivity index (χ1v) is 5.64. The van der Waals surface area contributed by atoms with Crippen molar-refractivity contribution in [3.05, 3.63) is 24.0 Å². The van der Waals surface area contributed by atoms with Crippen LogP contribution < -0.4 is 10.1 Å². The number of halogens is 1. The van der Waals surface area contributed by atoms with Crippen LogP contribution in [0.5, 0.6) is 5.75 Å². The third kappa shape index (κ3) is 2.83. The zero-order valence-corrected chi connectivity index (χ0v) is 9.95. The Morgan fingerprint density at radius 2 is 2.50 bits per heavy atom. The van der Waals surface area contributed by atoms with E-state index in [1.807, 2.05) is 0 Å². The van der Waals surface area contributed by atoms with Crippen molar-refractivity contribution >= 4 is 28.5 Å². The summed E-state index contributed by atoms with van der Waals surface area (Å²) in [5.74, 6) is 0.374. The lowest BCUT2D eigenvalue weighted by Crippen LogP contribution is -2.25. The molecule has 1 rings (SSSR count). The average Bonchev–Trinajstić information content (AvgIpc) is 2.25. The van der Waals surface area contributed by atoms with Crippen LogP contribution in [0, 0.1) is 0 Å². The summed E-state index contributed by atoms with van der Waals surface area (Å²) in [5.41, 5.74) is 0.521. The van der Waals surface area contributed by atoms with Crippen molar-refractivity contribution in [2.24, 2.45) is 0 Å². The number of nitrogens with zero attached hydrogens (tertiary/aromatic N) is 1. The van der Waals surface area contributed by atoms with E-state index in [1.54, 1.807) is 12.3 Å². The minimum atomic E-state index is -0.124. The van der Waals surface area contributed by atoms with Gasteiger partial charge >= 0.3 is 0 Å². The van der Waals surface area contributed by atoms with Gasteiger partial charge in [0.2, 0.25) is 0 Å². The molecular formula is C9H11IN2O2. The molecule has 76 valence electrons. The van der Waals surface area contributed by atoms with Crippen LogP contribution >= 0.6 is 22.6 Å². The van der Waals surface area contributed by atoms with Gasteiger partial charge in [-0.15, -0.1) is 0 Å². The molecule has 14 heavy (non-hydrogen) atoms. The van der Waals surface area contributed by atoms with Gasteiger partial charge < -0.3 is 10.1 Å². The van der Waals surface area contributed by atoms with E-state index in [0.29, 0.717) is 17.9 Å². The number of rotatable bonds is 4. The summed E-state index contributed by atoms with van der Waals surface area (Å²) < 4.78 is 5.91. The van der Waals surface area contributed by atoms with Gasteiger partial charge in [0, 0.05) is 17.2 Å². The van der Waals surface area contributed by atoms with Gasteiger partial charge in [-0.1, -0.05) is 22.6 Å². The highest BCUT2D eigenvalue weighted by Crippen LogP contribution is 2.14. The van der Waals surface area contributed by atoms with Gasteiger partial charge in [0.1, 0.15) is 5.75 Å². The predicted octanol–water partition coefficient (Wildman–Crippen LogP) is 1.26. The van der Waals surface area contributed by atoms with Crippen molar-refractivity contribution in [2.45, 2.75) is 0 Å². The number of methoxy groups -OCH3 is 1.